The molecule has 1 nitrogen and oxygen atoms in total. The lowest BCUT2D eigenvalue weighted by molar-refractivity contribution is -0.0443. The lowest BCUT2D eigenvalue weighted by Crippen LogP contribution is -2.57. The molecule has 0 N–H and O–H groups in total. The average molecular weight is 748 g/mol. The van der Waals surface area contributed by atoms with Gasteiger partial charge in [-0.25, -0.2) is 0 Å². The number of anilines is 3. The van der Waals surface area contributed by atoms with Crippen molar-refractivity contribution in [2.24, 2.45) is 23.7 Å². The molecular formula is C54H53NS. The number of rotatable bonds is 5. The van der Waals surface area contributed by atoms with Gasteiger partial charge in [0.1, 0.15) is 0 Å². The minimum Gasteiger partial charge on any atom is -0.310 e. The van der Waals surface area contributed by atoms with E-state index in [9.17, 15) is 0 Å². The molecule has 2 heteroatoms. The Morgan fingerprint density at radius 3 is 1.71 bits per heavy atom. The average Bonchev–Trinajstić information content (AvgIpc) is 3.22. The number of nitrogens with zero attached hydrogens (tertiary/aromatic N) is 1. The van der Waals surface area contributed by atoms with Crippen LogP contribution in [0.4, 0.5) is 17.1 Å². The maximum absolute atomic E-state index is 2.61. The Bertz CT molecular complexity index is 2430. The second-order valence-electron chi connectivity index (χ2n) is 19.2. The summed E-state index contributed by atoms with van der Waals surface area (Å²) in [5.74, 6) is 3.24. The molecule has 4 saturated carbocycles. The van der Waals surface area contributed by atoms with E-state index in [4.69, 9.17) is 0 Å². The number of hydrogen-bond acceptors (Lipinski definition) is 2. The Morgan fingerprint density at radius 2 is 1.04 bits per heavy atom. The van der Waals surface area contributed by atoms with E-state index in [-0.39, 0.29) is 16.2 Å². The van der Waals surface area contributed by atoms with Crippen LogP contribution in [0.3, 0.4) is 0 Å². The van der Waals surface area contributed by atoms with Crippen molar-refractivity contribution in [1.82, 2.24) is 0 Å². The van der Waals surface area contributed by atoms with E-state index < -0.39 is 0 Å². The van der Waals surface area contributed by atoms with Gasteiger partial charge < -0.3 is 4.90 Å². The van der Waals surface area contributed by atoms with Gasteiger partial charge in [0, 0.05) is 32.1 Å². The van der Waals surface area contributed by atoms with Crippen LogP contribution in [-0.2, 0) is 16.2 Å². The van der Waals surface area contributed by atoms with Gasteiger partial charge in [-0.1, -0.05) is 143 Å². The Balaban J connectivity index is 1.17. The summed E-state index contributed by atoms with van der Waals surface area (Å²) >= 11 is 2.04. The fourth-order valence-electron chi connectivity index (χ4n) is 12.6. The Morgan fingerprint density at radius 1 is 0.482 bits per heavy atom. The lowest BCUT2D eigenvalue weighted by atomic mass is 9.42. The minimum absolute atomic E-state index is 0.0796. The van der Waals surface area contributed by atoms with Gasteiger partial charge in [-0.15, -0.1) is 0 Å². The first-order valence-electron chi connectivity index (χ1n) is 21.3. The van der Waals surface area contributed by atoms with Crippen molar-refractivity contribution in [1.29, 1.82) is 0 Å². The molecule has 6 aromatic carbocycles. The summed E-state index contributed by atoms with van der Waals surface area (Å²) in [6.45, 7) is 9.78. The second kappa shape index (κ2) is 12.7. The Kier molecular flexibility index (Phi) is 7.89. The third-order valence-corrected chi connectivity index (χ3v) is 16.4. The molecule has 0 aromatic heterocycles. The van der Waals surface area contributed by atoms with Crippen molar-refractivity contribution in [2.75, 3.05) is 4.90 Å². The molecule has 0 saturated heterocycles. The molecule has 12 rings (SSSR count). The number of benzene rings is 6. The summed E-state index contributed by atoms with van der Waals surface area (Å²) in [7, 11) is 0. The predicted molar refractivity (Wildman–Crippen MR) is 236 cm³/mol. The molecule has 56 heavy (non-hydrogen) atoms. The summed E-state index contributed by atoms with van der Waals surface area (Å²) in [5.41, 5.74) is 15.4. The topological polar surface area (TPSA) is 3.24 Å². The summed E-state index contributed by atoms with van der Waals surface area (Å²) in [6.07, 6.45) is 9.41. The smallest absolute Gasteiger partial charge is 0.0551 e. The van der Waals surface area contributed by atoms with E-state index in [2.05, 4.69) is 172 Å². The molecule has 0 unspecified atom stereocenters. The maximum Gasteiger partial charge on any atom is 0.0551 e. The van der Waals surface area contributed by atoms with Crippen LogP contribution in [0.25, 0.3) is 22.3 Å². The Hall–Kier alpha value is -4.53. The van der Waals surface area contributed by atoms with Crippen LogP contribution < -0.4 is 4.90 Å². The largest absolute Gasteiger partial charge is 0.310 e. The quantitative estimate of drug-likeness (QED) is 0.173. The van der Waals surface area contributed by atoms with E-state index in [1.54, 1.807) is 11.1 Å². The van der Waals surface area contributed by atoms with Gasteiger partial charge in [-0.3, -0.25) is 0 Å². The molecule has 6 aromatic rings. The zero-order valence-electron chi connectivity index (χ0n) is 33.4. The number of hydrogen-bond donors (Lipinski definition) is 0. The van der Waals surface area contributed by atoms with Crippen LogP contribution in [0, 0.1) is 23.7 Å². The summed E-state index contributed by atoms with van der Waals surface area (Å²) in [4.78, 5) is 5.54. The van der Waals surface area contributed by atoms with Crippen LogP contribution in [0.1, 0.15) is 94.9 Å². The predicted octanol–water partition coefficient (Wildman–Crippen LogP) is 15.0. The van der Waals surface area contributed by atoms with Crippen LogP contribution >= 0.6 is 11.8 Å². The molecule has 4 bridgehead atoms. The van der Waals surface area contributed by atoms with Gasteiger partial charge in [-0.2, -0.15) is 0 Å². The highest BCUT2D eigenvalue weighted by Crippen LogP contribution is 2.70. The van der Waals surface area contributed by atoms with E-state index >= 15 is 0 Å². The van der Waals surface area contributed by atoms with Gasteiger partial charge in [-0.05, 0) is 155 Å². The van der Waals surface area contributed by atoms with Gasteiger partial charge in [0.25, 0.3) is 0 Å². The molecule has 0 radical (unpaired) electrons. The fourth-order valence-corrected chi connectivity index (χ4v) is 14.0. The summed E-state index contributed by atoms with van der Waals surface area (Å²) in [6, 6.07) is 53.6. The first kappa shape index (κ1) is 34.7. The molecule has 1 heterocycles. The van der Waals surface area contributed by atoms with Gasteiger partial charge in [0.05, 0.1) is 5.69 Å². The van der Waals surface area contributed by atoms with Crippen LogP contribution in [-0.4, -0.2) is 0 Å². The van der Waals surface area contributed by atoms with E-state index in [1.807, 2.05) is 11.8 Å². The molecule has 1 aliphatic heterocycles. The standard InChI is InChI=1S/C54H53NS/c1-52(2)27-28-53(3,4)47-34-43(23-24-44(47)52)55(42-21-19-38(20-22-42)37-13-7-5-8-14-37)48-26-25-46-51(50(48)39-15-9-6-10-16-39)56-49-18-12-11-17-45(49)54(46)40-30-35-29-36(32-40)33-41(54)31-35/h5-26,34-36,40-41H,27-33H2,1-4H3. The van der Waals surface area contributed by atoms with E-state index in [0.29, 0.717) is 11.8 Å². The highest BCUT2D eigenvalue weighted by atomic mass is 32.2. The van der Waals surface area contributed by atoms with E-state index in [0.717, 1.165) is 11.8 Å². The summed E-state index contributed by atoms with van der Waals surface area (Å²) in [5, 5.41) is 0. The maximum atomic E-state index is 2.61. The third-order valence-electron chi connectivity index (χ3n) is 15.2. The molecule has 6 aliphatic rings. The van der Waals surface area contributed by atoms with Crippen molar-refractivity contribution in [3.63, 3.8) is 0 Å². The van der Waals surface area contributed by atoms with Crippen LogP contribution in [0.2, 0.25) is 0 Å². The third kappa shape index (κ3) is 5.20. The SMILES string of the molecule is CC1(C)CCC(C)(C)c2cc(N(c3ccc(-c4ccccc4)cc3)c3ccc4c(c3-c3ccccc3)Sc3ccccc3C43C4CC5CC(C4)CC3C5)ccc21. The zero-order valence-corrected chi connectivity index (χ0v) is 34.2. The molecule has 4 fully saturated rings. The van der Waals surface area contributed by atoms with Crippen molar-refractivity contribution >= 4 is 28.8 Å². The summed E-state index contributed by atoms with van der Waals surface area (Å²) < 4.78 is 0. The van der Waals surface area contributed by atoms with Gasteiger partial charge in [0.2, 0.25) is 0 Å². The van der Waals surface area contributed by atoms with Crippen molar-refractivity contribution in [3.05, 3.63) is 162 Å². The van der Waals surface area contributed by atoms with Crippen molar-refractivity contribution < 1.29 is 0 Å². The fraction of sp³-hybridized carbons (Fsp3) is 0.333. The van der Waals surface area contributed by atoms with Crippen molar-refractivity contribution in [3.8, 4) is 22.3 Å². The monoisotopic (exact) mass is 747 g/mol. The van der Waals surface area contributed by atoms with E-state index in [1.165, 1.54) is 105 Å². The van der Waals surface area contributed by atoms with Gasteiger partial charge in [0.15, 0.2) is 0 Å². The first-order chi connectivity index (χ1) is 27.2. The number of fused-ring (bicyclic) bond motifs is 3. The van der Waals surface area contributed by atoms with Crippen LogP contribution in [0.15, 0.2) is 149 Å². The molecule has 280 valence electrons. The molecule has 1 spiro atoms. The normalized spacial score (nSPS) is 26.0. The minimum atomic E-state index is 0.0796. The molecule has 5 aliphatic carbocycles. The van der Waals surface area contributed by atoms with Crippen molar-refractivity contribution in [2.45, 2.75) is 98.7 Å². The highest BCUT2D eigenvalue weighted by Gasteiger charge is 2.61. The molecular weight excluding hydrogens is 695 g/mol. The lowest BCUT2D eigenvalue weighted by Gasteiger charge is -2.63. The second-order valence-corrected chi connectivity index (χ2v) is 20.3. The van der Waals surface area contributed by atoms with Gasteiger partial charge >= 0.3 is 0 Å². The Labute approximate surface area is 338 Å². The zero-order chi connectivity index (χ0) is 37.8. The van der Waals surface area contributed by atoms with Crippen LogP contribution in [0.5, 0.6) is 0 Å². The first-order valence-corrected chi connectivity index (χ1v) is 22.1. The highest BCUT2D eigenvalue weighted by molar-refractivity contribution is 7.99. The molecule has 0 amide bonds. The molecule has 0 atom stereocenters.